The molecule has 0 N–H and O–H groups in total. The minimum absolute atomic E-state index is 0.898. The molecule has 16 heavy (non-hydrogen) atoms. The first kappa shape index (κ1) is 16.5. The maximum absolute atomic E-state index is 3.48. The van der Waals surface area contributed by atoms with Crippen LogP contribution < -0.4 is 0 Å². The number of halogens is 1. The second-order valence-electron chi connectivity index (χ2n) is 5.41. The van der Waals surface area contributed by atoms with Crippen LogP contribution in [0, 0.1) is 5.92 Å². The molecule has 0 saturated heterocycles. The molecule has 0 aliphatic heterocycles. The largest absolute Gasteiger partial charge is 0.0928 e. The lowest BCUT2D eigenvalue weighted by Crippen LogP contribution is -1.87. The van der Waals surface area contributed by atoms with Crippen molar-refractivity contribution in [3.63, 3.8) is 0 Å². The molecule has 0 rings (SSSR count). The van der Waals surface area contributed by atoms with E-state index in [1.165, 1.54) is 76.0 Å². The van der Waals surface area contributed by atoms with Crippen LogP contribution in [0.1, 0.15) is 84.5 Å². The van der Waals surface area contributed by atoms with Gasteiger partial charge in [0.05, 0.1) is 0 Å². The lowest BCUT2D eigenvalue weighted by atomic mass is 10.0. The fraction of sp³-hybridized carbons (Fsp3) is 1.00. The van der Waals surface area contributed by atoms with Crippen LogP contribution in [-0.2, 0) is 0 Å². The van der Waals surface area contributed by atoms with Gasteiger partial charge in [-0.1, -0.05) is 94.0 Å². The van der Waals surface area contributed by atoms with Crippen LogP contribution in [0.15, 0.2) is 0 Å². The zero-order valence-electron chi connectivity index (χ0n) is 11.4. The highest BCUT2D eigenvalue weighted by Crippen LogP contribution is 2.13. The van der Waals surface area contributed by atoms with E-state index < -0.39 is 0 Å². The van der Waals surface area contributed by atoms with Gasteiger partial charge in [-0.05, 0) is 12.3 Å². The molecule has 0 radical (unpaired) electrons. The summed E-state index contributed by atoms with van der Waals surface area (Å²) in [5.74, 6) is 0.898. The topological polar surface area (TPSA) is 0 Å². The minimum atomic E-state index is 0.898. The summed E-state index contributed by atoms with van der Waals surface area (Å²) in [4.78, 5) is 0. The first-order chi connectivity index (χ1) is 7.77. The summed E-state index contributed by atoms with van der Waals surface area (Å²) in [5.41, 5.74) is 0. The van der Waals surface area contributed by atoms with Gasteiger partial charge in [-0.3, -0.25) is 0 Å². The van der Waals surface area contributed by atoms with Crippen LogP contribution in [-0.4, -0.2) is 5.33 Å². The molecule has 0 aliphatic rings. The summed E-state index contributed by atoms with van der Waals surface area (Å²) in [6.45, 7) is 4.65. The van der Waals surface area contributed by atoms with Crippen molar-refractivity contribution in [2.45, 2.75) is 84.5 Å². The smallest absolute Gasteiger partial charge is 0.00313 e. The van der Waals surface area contributed by atoms with Gasteiger partial charge in [-0.25, -0.2) is 0 Å². The summed E-state index contributed by atoms with van der Waals surface area (Å²) in [7, 11) is 0. The van der Waals surface area contributed by atoms with Crippen molar-refractivity contribution >= 4 is 15.9 Å². The van der Waals surface area contributed by atoms with E-state index in [4.69, 9.17) is 0 Å². The van der Waals surface area contributed by atoms with Gasteiger partial charge in [0, 0.05) is 5.33 Å². The van der Waals surface area contributed by atoms with E-state index >= 15 is 0 Å². The summed E-state index contributed by atoms with van der Waals surface area (Å²) in [6, 6.07) is 0. The molecule has 0 saturated carbocycles. The van der Waals surface area contributed by atoms with Crippen LogP contribution in [0.5, 0.6) is 0 Å². The molecule has 0 amide bonds. The Labute approximate surface area is 112 Å². The third kappa shape index (κ3) is 14.5. The Morgan fingerprint density at radius 3 is 1.38 bits per heavy atom. The van der Waals surface area contributed by atoms with E-state index in [1.807, 2.05) is 0 Å². The van der Waals surface area contributed by atoms with Gasteiger partial charge >= 0.3 is 0 Å². The van der Waals surface area contributed by atoms with Gasteiger partial charge < -0.3 is 0 Å². The third-order valence-electron chi connectivity index (χ3n) is 3.17. The van der Waals surface area contributed by atoms with Gasteiger partial charge in [0.1, 0.15) is 0 Å². The monoisotopic (exact) mass is 290 g/mol. The molecule has 0 atom stereocenters. The summed E-state index contributed by atoms with van der Waals surface area (Å²) in [5, 5.41) is 1.18. The Morgan fingerprint density at radius 2 is 1.00 bits per heavy atom. The Kier molecular flexibility index (Phi) is 14.0. The van der Waals surface area contributed by atoms with Crippen LogP contribution in [0.2, 0.25) is 0 Å². The fourth-order valence-electron chi connectivity index (χ4n) is 2.06. The van der Waals surface area contributed by atoms with Crippen molar-refractivity contribution in [3.8, 4) is 0 Å². The number of rotatable bonds is 12. The summed E-state index contributed by atoms with van der Waals surface area (Å²) < 4.78 is 0. The Balaban J connectivity index is 2.88. The van der Waals surface area contributed by atoms with E-state index in [0.29, 0.717) is 0 Å². The van der Waals surface area contributed by atoms with Gasteiger partial charge in [0.2, 0.25) is 0 Å². The normalized spacial score (nSPS) is 11.2. The molecule has 98 valence electrons. The second kappa shape index (κ2) is 13.5. The van der Waals surface area contributed by atoms with Crippen molar-refractivity contribution < 1.29 is 0 Å². The molecule has 0 heterocycles. The zero-order valence-corrected chi connectivity index (χ0v) is 13.0. The third-order valence-corrected chi connectivity index (χ3v) is 3.73. The molecule has 0 spiro atoms. The molecule has 0 aromatic carbocycles. The Bertz CT molecular complexity index is 121. The summed E-state index contributed by atoms with van der Waals surface area (Å²) >= 11 is 3.48. The predicted molar refractivity (Wildman–Crippen MR) is 79.4 cm³/mol. The van der Waals surface area contributed by atoms with Gasteiger partial charge in [0.15, 0.2) is 0 Å². The van der Waals surface area contributed by atoms with E-state index in [1.54, 1.807) is 0 Å². The number of alkyl halides is 1. The minimum Gasteiger partial charge on any atom is -0.0928 e. The molecular formula is C15H31Br. The molecule has 0 unspecified atom stereocenters. The first-order valence-corrected chi connectivity index (χ1v) is 8.45. The SMILES string of the molecule is CC(C)CCCCCCCCCCCCBr. The molecule has 1 heteroatoms. The lowest BCUT2D eigenvalue weighted by molar-refractivity contribution is 0.505. The van der Waals surface area contributed by atoms with E-state index in [-0.39, 0.29) is 0 Å². The highest BCUT2D eigenvalue weighted by Gasteiger charge is 1.95. The van der Waals surface area contributed by atoms with E-state index in [9.17, 15) is 0 Å². The highest BCUT2D eigenvalue weighted by molar-refractivity contribution is 9.09. The average molecular weight is 291 g/mol. The Hall–Kier alpha value is 0.480. The quantitative estimate of drug-likeness (QED) is 0.291. The van der Waals surface area contributed by atoms with Gasteiger partial charge in [-0.2, -0.15) is 0 Å². The van der Waals surface area contributed by atoms with Crippen molar-refractivity contribution in [2.75, 3.05) is 5.33 Å². The average Bonchev–Trinajstić information content (AvgIpc) is 2.25. The van der Waals surface area contributed by atoms with Crippen LogP contribution >= 0.6 is 15.9 Å². The van der Waals surface area contributed by atoms with Gasteiger partial charge in [0.25, 0.3) is 0 Å². The van der Waals surface area contributed by atoms with Crippen molar-refractivity contribution in [3.05, 3.63) is 0 Å². The number of unbranched alkanes of at least 4 members (excludes halogenated alkanes) is 9. The molecular weight excluding hydrogens is 260 g/mol. The van der Waals surface area contributed by atoms with Crippen LogP contribution in [0.4, 0.5) is 0 Å². The number of hydrogen-bond acceptors (Lipinski definition) is 0. The van der Waals surface area contributed by atoms with E-state index in [0.717, 1.165) is 5.92 Å². The zero-order chi connectivity index (χ0) is 12.1. The molecule has 0 bridgehead atoms. The molecule has 0 aromatic heterocycles. The summed E-state index contributed by atoms with van der Waals surface area (Å²) in [6.07, 6.45) is 15.9. The Morgan fingerprint density at radius 1 is 0.625 bits per heavy atom. The second-order valence-corrected chi connectivity index (χ2v) is 6.20. The fourth-order valence-corrected chi connectivity index (χ4v) is 2.46. The van der Waals surface area contributed by atoms with Crippen molar-refractivity contribution in [1.82, 2.24) is 0 Å². The van der Waals surface area contributed by atoms with Crippen molar-refractivity contribution in [2.24, 2.45) is 5.92 Å². The highest BCUT2D eigenvalue weighted by atomic mass is 79.9. The lowest BCUT2D eigenvalue weighted by Gasteiger charge is -2.04. The van der Waals surface area contributed by atoms with Crippen LogP contribution in [0.25, 0.3) is 0 Å². The first-order valence-electron chi connectivity index (χ1n) is 7.33. The molecule has 0 nitrogen and oxygen atoms in total. The standard InChI is InChI=1S/C15H31Br/c1-15(2)13-11-9-7-5-3-4-6-8-10-12-14-16/h15H,3-14H2,1-2H3. The van der Waals surface area contributed by atoms with Gasteiger partial charge in [-0.15, -0.1) is 0 Å². The molecule has 0 aromatic rings. The maximum Gasteiger partial charge on any atom is 0.00313 e. The van der Waals surface area contributed by atoms with Crippen molar-refractivity contribution in [1.29, 1.82) is 0 Å². The van der Waals surface area contributed by atoms with Crippen LogP contribution in [0.3, 0.4) is 0 Å². The molecule has 0 aliphatic carbocycles. The van der Waals surface area contributed by atoms with E-state index in [2.05, 4.69) is 29.8 Å². The predicted octanol–water partition coefficient (Wildman–Crippen LogP) is 6.33. The maximum atomic E-state index is 3.48. The number of hydrogen-bond donors (Lipinski definition) is 0. The molecule has 0 fully saturated rings.